The van der Waals surface area contributed by atoms with Crippen LogP contribution < -0.4 is 11.2 Å². The van der Waals surface area contributed by atoms with E-state index < -0.39 is 5.97 Å². The maximum atomic E-state index is 12.5. The summed E-state index contributed by atoms with van der Waals surface area (Å²) in [6, 6.07) is 3.82. The Morgan fingerprint density at radius 2 is 2.17 bits per heavy atom. The molecule has 0 saturated heterocycles. The largest absolute Gasteiger partial charge is 0.465 e. The SMILES string of the molecule is COC(=O)c1c(NC(=O)CSc2nnc(-c3cccs3)n2N)sc2c1CCCC2. The molecule has 0 aromatic carbocycles. The van der Waals surface area contributed by atoms with Crippen LogP contribution in [0.3, 0.4) is 0 Å². The van der Waals surface area contributed by atoms with Gasteiger partial charge in [-0.15, -0.1) is 32.9 Å². The lowest BCUT2D eigenvalue weighted by Crippen LogP contribution is -2.18. The van der Waals surface area contributed by atoms with E-state index in [1.807, 2.05) is 17.5 Å². The van der Waals surface area contributed by atoms with Gasteiger partial charge in [0.2, 0.25) is 11.1 Å². The lowest BCUT2D eigenvalue weighted by atomic mass is 9.95. The number of aryl methyl sites for hydroxylation is 1. The standard InChI is InChI=1S/C18H19N5O3S3/c1-26-17(25)14-10-5-2-3-6-11(10)29-16(14)20-13(24)9-28-18-22-21-15(23(18)19)12-7-4-8-27-12/h4,7-8H,2-3,5-6,9,19H2,1H3,(H,20,24). The highest BCUT2D eigenvalue weighted by molar-refractivity contribution is 7.99. The van der Waals surface area contributed by atoms with Crippen LogP contribution in [-0.2, 0) is 22.4 Å². The highest BCUT2D eigenvalue weighted by Gasteiger charge is 2.27. The molecule has 11 heteroatoms. The number of nitrogens with two attached hydrogens (primary N) is 1. The Kier molecular flexibility index (Phi) is 5.88. The second-order valence-corrected chi connectivity index (χ2v) is 9.39. The number of rotatable bonds is 6. The number of nitrogens with zero attached hydrogens (tertiary/aromatic N) is 3. The van der Waals surface area contributed by atoms with Gasteiger partial charge in [0.1, 0.15) is 5.00 Å². The molecule has 1 amide bonds. The predicted molar refractivity (Wildman–Crippen MR) is 115 cm³/mol. The average Bonchev–Trinajstić information content (AvgIpc) is 3.44. The van der Waals surface area contributed by atoms with Crippen LogP contribution in [0.5, 0.6) is 0 Å². The van der Waals surface area contributed by atoms with Crippen LogP contribution in [0.25, 0.3) is 10.7 Å². The number of nitrogens with one attached hydrogen (secondary N) is 1. The van der Waals surface area contributed by atoms with Crippen molar-refractivity contribution in [3.05, 3.63) is 33.5 Å². The molecule has 3 heterocycles. The highest BCUT2D eigenvalue weighted by Crippen LogP contribution is 2.38. The first-order valence-electron chi connectivity index (χ1n) is 8.98. The van der Waals surface area contributed by atoms with Crippen molar-refractivity contribution in [1.82, 2.24) is 14.9 Å². The van der Waals surface area contributed by atoms with Crippen LogP contribution in [0.1, 0.15) is 33.6 Å². The van der Waals surface area contributed by atoms with Crippen molar-refractivity contribution in [2.75, 3.05) is 24.0 Å². The Morgan fingerprint density at radius 1 is 1.34 bits per heavy atom. The number of fused-ring (bicyclic) bond motifs is 1. The number of anilines is 1. The monoisotopic (exact) mass is 449 g/mol. The summed E-state index contributed by atoms with van der Waals surface area (Å²) < 4.78 is 6.32. The number of esters is 1. The molecule has 152 valence electrons. The molecule has 4 rings (SSSR count). The maximum Gasteiger partial charge on any atom is 0.341 e. The first kappa shape index (κ1) is 19.9. The van der Waals surface area contributed by atoms with E-state index in [-0.39, 0.29) is 11.7 Å². The lowest BCUT2D eigenvalue weighted by Gasteiger charge is -2.11. The van der Waals surface area contributed by atoms with Crippen LogP contribution in [-0.4, -0.2) is 39.6 Å². The third-order valence-corrected chi connectivity index (χ3v) is 7.57. The van der Waals surface area contributed by atoms with Gasteiger partial charge in [0.25, 0.3) is 0 Å². The van der Waals surface area contributed by atoms with Crippen molar-refractivity contribution in [2.45, 2.75) is 30.8 Å². The zero-order chi connectivity index (χ0) is 20.4. The van der Waals surface area contributed by atoms with Crippen molar-refractivity contribution < 1.29 is 14.3 Å². The minimum atomic E-state index is -0.408. The topological polar surface area (TPSA) is 112 Å². The molecular formula is C18H19N5O3S3. The number of amides is 1. The maximum absolute atomic E-state index is 12.5. The molecular weight excluding hydrogens is 430 g/mol. The van der Waals surface area contributed by atoms with Crippen molar-refractivity contribution in [3.8, 4) is 10.7 Å². The molecule has 0 radical (unpaired) electrons. The summed E-state index contributed by atoms with van der Waals surface area (Å²) >= 11 is 4.17. The van der Waals surface area contributed by atoms with Crippen molar-refractivity contribution in [1.29, 1.82) is 0 Å². The number of thiophene rings is 2. The summed E-state index contributed by atoms with van der Waals surface area (Å²) in [5, 5.41) is 14.0. The Bertz CT molecular complexity index is 1040. The van der Waals surface area contributed by atoms with Crippen LogP contribution in [0.4, 0.5) is 5.00 Å². The summed E-state index contributed by atoms with van der Waals surface area (Å²) in [6.45, 7) is 0. The van der Waals surface area contributed by atoms with Gasteiger partial charge in [-0.1, -0.05) is 17.8 Å². The summed E-state index contributed by atoms with van der Waals surface area (Å²) in [5.41, 5.74) is 1.51. The summed E-state index contributed by atoms with van der Waals surface area (Å²) in [7, 11) is 1.36. The zero-order valence-corrected chi connectivity index (χ0v) is 18.1. The van der Waals surface area contributed by atoms with E-state index in [2.05, 4.69) is 15.5 Å². The first-order chi connectivity index (χ1) is 14.1. The highest BCUT2D eigenvalue weighted by atomic mass is 32.2. The van der Waals surface area contributed by atoms with E-state index in [4.69, 9.17) is 10.6 Å². The van der Waals surface area contributed by atoms with Gasteiger partial charge in [0.05, 0.1) is 23.3 Å². The van der Waals surface area contributed by atoms with E-state index in [1.165, 1.54) is 46.2 Å². The van der Waals surface area contributed by atoms with Crippen LogP contribution in [0.2, 0.25) is 0 Å². The summed E-state index contributed by atoms with van der Waals surface area (Å²) in [5.74, 6) is 6.08. The molecule has 0 saturated carbocycles. The smallest absolute Gasteiger partial charge is 0.341 e. The van der Waals surface area contributed by atoms with E-state index in [1.54, 1.807) is 0 Å². The number of thioether (sulfide) groups is 1. The van der Waals surface area contributed by atoms with Gasteiger partial charge < -0.3 is 15.9 Å². The Labute approximate surface area is 179 Å². The van der Waals surface area contributed by atoms with Gasteiger partial charge >= 0.3 is 5.97 Å². The average molecular weight is 450 g/mol. The number of methoxy groups -OCH3 is 1. The minimum absolute atomic E-state index is 0.100. The first-order valence-corrected chi connectivity index (χ1v) is 11.7. The van der Waals surface area contributed by atoms with Crippen molar-refractivity contribution >= 4 is 51.3 Å². The number of nitrogen functional groups attached to an aromatic ring is 1. The molecule has 0 bridgehead atoms. The van der Waals surface area contributed by atoms with E-state index in [9.17, 15) is 9.59 Å². The lowest BCUT2D eigenvalue weighted by molar-refractivity contribution is -0.113. The van der Waals surface area contributed by atoms with Crippen LogP contribution in [0, 0.1) is 0 Å². The number of carbonyl (C=O) groups excluding carboxylic acids is 2. The normalized spacial score (nSPS) is 13.1. The van der Waals surface area contributed by atoms with E-state index in [0.29, 0.717) is 21.5 Å². The molecule has 1 aliphatic carbocycles. The van der Waals surface area contributed by atoms with E-state index in [0.717, 1.165) is 41.0 Å². The molecule has 3 aromatic rings. The summed E-state index contributed by atoms with van der Waals surface area (Å²) in [4.78, 5) is 26.9. The molecule has 8 nitrogen and oxygen atoms in total. The van der Waals surface area contributed by atoms with Crippen molar-refractivity contribution in [3.63, 3.8) is 0 Å². The molecule has 3 N–H and O–H groups in total. The van der Waals surface area contributed by atoms with Gasteiger partial charge in [-0.3, -0.25) is 4.79 Å². The molecule has 0 spiro atoms. The second kappa shape index (κ2) is 8.56. The van der Waals surface area contributed by atoms with Gasteiger partial charge in [0.15, 0.2) is 5.82 Å². The third kappa shape index (κ3) is 4.02. The molecule has 0 unspecified atom stereocenters. The Morgan fingerprint density at radius 3 is 2.93 bits per heavy atom. The fourth-order valence-corrected chi connectivity index (χ4v) is 5.87. The second-order valence-electron chi connectivity index (χ2n) is 6.40. The molecule has 1 aliphatic rings. The zero-order valence-electron chi connectivity index (χ0n) is 15.6. The minimum Gasteiger partial charge on any atom is -0.465 e. The van der Waals surface area contributed by atoms with Crippen LogP contribution in [0.15, 0.2) is 22.7 Å². The van der Waals surface area contributed by atoms with Gasteiger partial charge in [-0.2, -0.15) is 0 Å². The quantitative estimate of drug-likeness (QED) is 0.338. The van der Waals surface area contributed by atoms with Gasteiger partial charge in [-0.25, -0.2) is 9.47 Å². The van der Waals surface area contributed by atoms with E-state index >= 15 is 0 Å². The number of aromatic nitrogens is 3. The number of ether oxygens (including phenoxy) is 1. The molecule has 0 aliphatic heterocycles. The van der Waals surface area contributed by atoms with Gasteiger partial charge in [-0.05, 0) is 42.7 Å². The number of hydrogen-bond donors (Lipinski definition) is 2. The number of carbonyl (C=O) groups is 2. The molecule has 0 fully saturated rings. The third-order valence-electron chi connectivity index (χ3n) is 4.55. The Balaban J connectivity index is 1.46. The predicted octanol–water partition coefficient (Wildman–Crippen LogP) is 3.18. The molecule has 3 aromatic heterocycles. The molecule has 29 heavy (non-hydrogen) atoms. The fraction of sp³-hybridized carbons (Fsp3) is 0.333. The number of hydrogen-bond acceptors (Lipinski definition) is 9. The Hall–Kier alpha value is -2.37. The van der Waals surface area contributed by atoms with Gasteiger partial charge in [0, 0.05) is 4.88 Å². The van der Waals surface area contributed by atoms with Crippen molar-refractivity contribution in [2.24, 2.45) is 0 Å². The van der Waals surface area contributed by atoms with Crippen LogP contribution >= 0.6 is 34.4 Å². The summed E-state index contributed by atoms with van der Waals surface area (Å²) in [6.07, 6.45) is 3.89. The fourth-order valence-electron chi connectivity index (χ4n) is 3.21. The molecule has 0 atom stereocenters.